The SMILES string of the molecule is CC1CCC(C(=O)Nc2ccc(C(=O)O)nc2)CC1. The molecule has 0 bridgehead atoms. The molecule has 1 aliphatic rings. The Labute approximate surface area is 112 Å². The first-order chi connectivity index (χ1) is 9.06. The van der Waals surface area contributed by atoms with Gasteiger partial charge >= 0.3 is 5.97 Å². The fraction of sp³-hybridized carbons (Fsp3) is 0.500. The monoisotopic (exact) mass is 262 g/mol. The van der Waals surface area contributed by atoms with Crippen molar-refractivity contribution in [2.45, 2.75) is 32.6 Å². The van der Waals surface area contributed by atoms with Gasteiger partial charge < -0.3 is 10.4 Å². The number of nitrogens with zero attached hydrogens (tertiary/aromatic N) is 1. The Kier molecular flexibility index (Phi) is 4.14. The molecule has 0 saturated heterocycles. The number of carboxylic acid groups (broad SMARTS) is 1. The molecular weight excluding hydrogens is 244 g/mol. The van der Waals surface area contributed by atoms with Crippen LogP contribution in [0.3, 0.4) is 0 Å². The maximum Gasteiger partial charge on any atom is 0.354 e. The standard InChI is InChI=1S/C14H18N2O3/c1-9-2-4-10(5-3-9)13(17)16-11-6-7-12(14(18)19)15-8-11/h6-10H,2-5H2,1H3,(H,16,17)(H,18,19). The van der Waals surface area contributed by atoms with Gasteiger partial charge in [-0.2, -0.15) is 0 Å². The van der Waals surface area contributed by atoms with Crippen LogP contribution in [0, 0.1) is 11.8 Å². The second kappa shape index (κ2) is 5.82. The Hall–Kier alpha value is -1.91. The Bertz CT molecular complexity index is 462. The van der Waals surface area contributed by atoms with E-state index in [1.54, 1.807) is 6.07 Å². The normalized spacial score (nSPS) is 22.8. The number of hydrogen-bond donors (Lipinski definition) is 2. The van der Waals surface area contributed by atoms with E-state index in [1.807, 2.05) is 0 Å². The smallest absolute Gasteiger partial charge is 0.354 e. The zero-order valence-corrected chi connectivity index (χ0v) is 10.9. The molecule has 1 aromatic rings. The van der Waals surface area contributed by atoms with Crippen LogP contribution in [0.5, 0.6) is 0 Å². The van der Waals surface area contributed by atoms with Crippen molar-refractivity contribution in [1.82, 2.24) is 4.98 Å². The number of carbonyl (C=O) groups is 2. The number of rotatable bonds is 3. The number of aromatic carboxylic acids is 1. The molecule has 1 aromatic heterocycles. The predicted octanol–water partition coefficient (Wildman–Crippen LogP) is 2.54. The maximum atomic E-state index is 12.0. The second-order valence-corrected chi connectivity index (χ2v) is 5.18. The first-order valence-electron chi connectivity index (χ1n) is 6.56. The van der Waals surface area contributed by atoms with Crippen molar-refractivity contribution in [2.24, 2.45) is 11.8 Å². The third-order valence-electron chi connectivity index (χ3n) is 3.64. The molecule has 0 radical (unpaired) electrons. The van der Waals surface area contributed by atoms with Gasteiger partial charge in [0.25, 0.3) is 0 Å². The number of hydrogen-bond acceptors (Lipinski definition) is 3. The molecule has 1 amide bonds. The number of aromatic nitrogens is 1. The summed E-state index contributed by atoms with van der Waals surface area (Å²) in [5.41, 5.74) is 0.526. The molecule has 0 atom stereocenters. The lowest BCUT2D eigenvalue weighted by atomic mass is 9.82. The second-order valence-electron chi connectivity index (χ2n) is 5.18. The fourth-order valence-electron chi connectivity index (χ4n) is 2.36. The van der Waals surface area contributed by atoms with Crippen LogP contribution < -0.4 is 5.32 Å². The summed E-state index contributed by atoms with van der Waals surface area (Å²) in [6, 6.07) is 2.96. The van der Waals surface area contributed by atoms with E-state index in [-0.39, 0.29) is 17.5 Å². The van der Waals surface area contributed by atoms with Gasteiger partial charge in [-0.1, -0.05) is 6.92 Å². The molecule has 5 heteroatoms. The number of carbonyl (C=O) groups excluding carboxylic acids is 1. The highest BCUT2D eigenvalue weighted by molar-refractivity contribution is 5.93. The molecule has 0 unspecified atom stereocenters. The predicted molar refractivity (Wildman–Crippen MR) is 70.9 cm³/mol. The number of carboxylic acids is 1. The van der Waals surface area contributed by atoms with Crippen molar-refractivity contribution in [3.8, 4) is 0 Å². The van der Waals surface area contributed by atoms with E-state index in [4.69, 9.17) is 5.11 Å². The van der Waals surface area contributed by atoms with E-state index >= 15 is 0 Å². The van der Waals surface area contributed by atoms with Gasteiger partial charge in [-0.15, -0.1) is 0 Å². The lowest BCUT2D eigenvalue weighted by Crippen LogP contribution is -2.26. The Morgan fingerprint density at radius 1 is 1.26 bits per heavy atom. The van der Waals surface area contributed by atoms with Crippen LogP contribution in [0.4, 0.5) is 5.69 Å². The van der Waals surface area contributed by atoms with Crippen LogP contribution >= 0.6 is 0 Å². The highest BCUT2D eigenvalue weighted by atomic mass is 16.4. The number of amides is 1. The summed E-state index contributed by atoms with van der Waals surface area (Å²) in [5, 5.41) is 11.5. The molecule has 1 saturated carbocycles. The van der Waals surface area contributed by atoms with Crippen LogP contribution in [0.1, 0.15) is 43.1 Å². The third-order valence-corrected chi connectivity index (χ3v) is 3.64. The molecule has 0 aliphatic heterocycles. The summed E-state index contributed by atoms with van der Waals surface area (Å²) >= 11 is 0. The van der Waals surface area contributed by atoms with Crippen molar-refractivity contribution in [3.05, 3.63) is 24.0 Å². The minimum Gasteiger partial charge on any atom is -0.477 e. The van der Waals surface area contributed by atoms with Crippen molar-refractivity contribution in [1.29, 1.82) is 0 Å². The van der Waals surface area contributed by atoms with Gasteiger partial charge in [-0.3, -0.25) is 4.79 Å². The number of anilines is 1. The van der Waals surface area contributed by atoms with Gasteiger partial charge in [0.1, 0.15) is 5.69 Å². The first-order valence-corrected chi connectivity index (χ1v) is 6.56. The average Bonchev–Trinajstić information content (AvgIpc) is 2.40. The molecule has 102 valence electrons. The molecular formula is C14H18N2O3. The van der Waals surface area contributed by atoms with E-state index in [2.05, 4.69) is 17.2 Å². The Balaban J connectivity index is 1.93. The fourth-order valence-corrected chi connectivity index (χ4v) is 2.36. The molecule has 0 spiro atoms. The molecule has 1 aliphatic carbocycles. The zero-order chi connectivity index (χ0) is 13.8. The van der Waals surface area contributed by atoms with E-state index in [0.717, 1.165) is 25.7 Å². The lowest BCUT2D eigenvalue weighted by molar-refractivity contribution is -0.121. The van der Waals surface area contributed by atoms with E-state index in [0.29, 0.717) is 11.6 Å². The summed E-state index contributed by atoms with van der Waals surface area (Å²) in [6.07, 6.45) is 5.41. The van der Waals surface area contributed by atoms with E-state index < -0.39 is 5.97 Å². The molecule has 2 N–H and O–H groups in total. The molecule has 2 rings (SSSR count). The van der Waals surface area contributed by atoms with Gasteiger partial charge in [-0.05, 0) is 43.7 Å². The summed E-state index contributed by atoms with van der Waals surface area (Å²) in [4.78, 5) is 26.5. The van der Waals surface area contributed by atoms with Crippen LogP contribution in [0.25, 0.3) is 0 Å². The topological polar surface area (TPSA) is 79.3 Å². The molecule has 1 fully saturated rings. The minimum atomic E-state index is -1.07. The third kappa shape index (κ3) is 3.53. The summed E-state index contributed by atoms with van der Waals surface area (Å²) in [5.74, 6) is -0.285. The summed E-state index contributed by atoms with van der Waals surface area (Å²) in [6.45, 7) is 2.21. The Morgan fingerprint density at radius 3 is 2.47 bits per heavy atom. The highest BCUT2D eigenvalue weighted by Gasteiger charge is 2.24. The summed E-state index contributed by atoms with van der Waals surface area (Å²) in [7, 11) is 0. The molecule has 1 heterocycles. The van der Waals surface area contributed by atoms with Crippen LogP contribution in [0.15, 0.2) is 18.3 Å². The molecule has 0 aromatic carbocycles. The summed E-state index contributed by atoms with van der Waals surface area (Å²) < 4.78 is 0. The van der Waals surface area contributed by atoms with Crippen molar-refractivity contribution >= 4 is 17.6 Å². The van der Waals surface area contributed by atoms with Gasteiger partial charge in [0.15, 0.2) is 0 Å². The largest absolute Gasteiger partial charge is 0.477 e. The quantitative estimate of drug-likeness (QED) is 0.877. The van der Waals surface area contributed by atoms with Crippen molar-refractivity contribution < 1.29 is 14.7 Å². The van der Waals surface area contributed by atoms with Gasteiger partial charge in [0.05, 0.1) is 11.9 Å². The molecule has 19 heavy (non-hydrogen) atoms. The first kappa shape index (κ1) is 13.5. The van der Waals surface area contributed by atoms with Crippen molar-refractivity contribution in [3.63, 3.8) is 0 Å². The van der Waals surface area contributed by atoms with E-state index in [9.17, 15) is 9.59 Å². The molecule has 5 nitrogen and oxygen atoms in total. The number of nitrogens with one attached hydrogen (secondary N) is 1. The van der Waals surface area contributed by atoms with Crippen LogP contribution in [0.2, 0.25) is 0 Å². The Morgan fingerprint density at radius 2 is 1.95 bits per heavy atom. The lowest BCUT2D eigenvalue weighted by Gasteiger charge is -2.25. The van der Waals surface area contributed by atoms with Crippen LogP contribution in [-0.2, 0) is 4.79 Å². The minimum absolute atomic E-state index is 0.0109. The number of pyridine rings is 1. The van der Waals surface area contributed by atoms with Gasteiger partial charge in [0, 0.05) is 5.92 Å². The highest BCUT2D eigenvalue weighted by Crippen LogP contribution is 2.29. The zero-order valence-electron chi connectivity index (χ0n) is 10.9. The average molecular weight is 262 g/mol. The van der Waals surface area contributed by atoms with Gasteiger partial charge in [0.2, 0.25) is 5.91 Å². The van der Waals surface area contributed by atoms with Crippen LogP contribution in [-0.4, -0.2) is 22.0 Å². The maximum absolute atomic E-state index is 12.0. The van der Waals surface area contributed by atoms with Gasteiger partial charge in [-0.25, -0.2) is 9.78 Å². The van der Waals surface area contributed by atoms with E-state index in [1.165, 1.54) is 12.3 Å². The van der Waals surface area contributed by atoms with Crippen molar-refractivity contribution in [2.75, 3.05) is 5.32 Å².